The molecule has 0 atom stereocenters. The summed E-state index contributed by atoms with van der Waals surface area (Å²) >= 11 is 4.91. The number of benzene rings is 2. The van der Waals surface area contributed by atoms with Crippen LogP contribution in [0.2, 0.25) is 0 Å². The Labute approximate surface area is 165 Å². The van der Waals surface area contributed by atoms with E-state index in [2.05, 4.69) is 20.9 Å². The lowest BCUT2D eigenvalue weighted by atomic mass is 10.2. The normalized spacial score (nSPS) is 15.3. The van der Waals surface area contributed by atoms with Crippen molar-refractivity contribution in [3.05, 3.63) is 62.5 Å². The summed E-state index contributed by atoms with van der Waals surface area (Å²) in [5.74, 6) is 1.05. The summed E-state index contributed by atoms with van der Waals surface area (Å²) in [5.41, 5.74) is 2.96. The second-order valence-corrected chi connectivity index (χ2v) is 7.54. The molecule has 0 aromatic heterocycles. The average Bonchev–Trinajstić information content (AvgIpc) is 2.99. The maximum Gasteiger partial charge on any atom is 0.284 e. The molecule has 134 valence electrons. The SMILES string of the molecule is CCOc1cc(C=C2SC(c3ccc(C)cc3)=NC2=O)c(Br)cc1OC. The molecule has 1 heterocycles. The number of amides is 1. The van der Waals surface area contributed by atoms with Crippen LogP contribution in [0.25, 0.3) is 6.08 Å². The fourth-order valence-electron chi connectivity index (χ4n) is 2.46. The predicted octanol–water partition coefficient (Wildman–Crippen LogP) is 5.23. The third-order valence-electron chi connectivity index (χ3n) is 3.79. The molecule has 0 bridgehead atoms. The number of aliphatic imine (C=N–C) groups is 1. The highest BCUT2D eigenvalue weighted by Crippen LogP contribution is 2.37. The van der Waals surface area contributed by atoms with Gasteiger partial charge in [0.1, 0.15) is 5.04 Å². The van der Waals surface area contributed by atoms with Crippen LogP contribution in [-0.4, -0.2) is 24.7 Å². The van der Waals surface area contributed by atoms with E-state index >= 15 is 0 Å². The van der Waals surface area contributed by atoms with Crippen LogP contribution < -0.4 is 9.47 Å². The summed E-state index contributed by atoms with van der Waals surface area (Å²) in [6.45, 7) is 4.47. The molecule has 1 amide bonds. The average molecular weight is 432 g/mol. The Hall–Kier alpha value is -2.05. The van der Waals surface area contributed by atoms with Gasteiger partial charge in [0.05, 0.1) is 18.6 Å². The van der Waals surface area contributed by atoms with Gasteiger partial charge in [-0.2, -0.15) is 0 Å². The summed E-state index contributed by atoms with van der Waals surface area (Å²) in [5, 5.41) is 0.718. The van der Waals surface area contributed by atoms with E-state index in [0.29, 0.717) is 23.0 Å². The molecular formula is C20H18BrNO3S. The molecule has 2 aromatic carbocycles. The highest BCUT2D eigenvalue weighted by Gasteiger charge is 2.23. The lowest BCUT2D eigenvalue weighted by Crippen LogP contribution is -1.97. The van der Waals surface area contributed by atoms with E-state index in [0.717, 1.165) is 20.6 Å². The Balaban J connectivity index is 1.90. The van der Waals surface area contributed by atoms with Crippen LogP contribution in [0.5, 0.6) is 11.5 Å². The quantitative estimate of drug-likeness (QED) is 0.608. The van der Waals surface area contributed by atoms with Gasteiger partial charge in [-0.3, -0.25) is 4.79 Å². The van der Waals surface area contributed by atoms with Gasteiger partial charge in [0.15, 0.2) is 11.5 Å². The molecule has 26 heavy (non-hydrogen) atoms. The third kappa shape index (κ3) is 4.02. The van der Waals surface area contributed by atoms with Crippen LogP contribution in [0.1, 0.15) is 23.6 Å². The first-order chi connectivity index (χ1) is 12.5. The first kappa shape index (κ1) is 18.7. The molecule has 0 unspecified atom stereocenters. The third-order valence-corrected chi connectivity index (χ3v) is 5.51. The van der Waals surface area contributed by atoms with Crippen molar-refractivity contribution >= 4 is 44.7 Å². The molecule has 0 aliphatic carbocycles. The number of rotatable bonds is 5. The van der Waals surface area contributed by atoms with Gasteiger partial charge in [-0.05, 0) is 37.6 Å². The van der Waals surface area contributed by atoms with E-state index in [1.165, 1.54) is 17.3 Å². The molecule has 2 aromatic rings. The second-order valence-electron chi connectivity index (χ2n) is 5.66. The van der Waals surface area contributed by atoms with Crippen molar-refractivity contribution in [2.24, 2.45) is 4.99 Å². The smallest absolute Gasteiger partial charge is 0.284 e. The van der Waals surface area contributed by atoms with Crippen LogP contribution in [0.15, 0.2) is 50.8 Å². The lowest BCUT2D eigenvalue weighted by molar-refractivity contribution is -0.113. The van der Waals surface area contributed by atoms with Gasteiger partial charge in [0.25, 0.3) is 5.91 Å². The molecule has 1 aliphatic rings. The maximum absolute atomic E-state index is 12.3. The number of hydrogen-bond donors (Lipinski definition) is 0. The van der Waals surface area contributed by atoms with E-state index in [1.807, 2.05) is 56.3 Å². The fourth-order valence-corrected chi connectivity index (χ4v) is 3.81. The number of aryl methyl sites for hydroxylation is 1. The summed E-state index contributed by atoms with van der Waals surface area (Å²) in [4.78, 5) is 17.1. The number of carbonyl (C=O) groups excluding carboxylic acids is 1. The van der Waals surface area contributed by atoms with E-state index in [4.69, 9.17) is 9.47 Å². The molecule has 0 saturated heterocycles. The zero-order valence-corrected chi connectivity index (χ0v) is 17.1. The van der Waals surface area contributed by atoms with Gasteiger partial charge in [-0.15, -0.1) is 0 Å². The largest absolute Gasteiger partial charge is 0.493 e. The Morgan fingerprint density at radius 1 is 1.19 bits per heavy atom. The van der Waals surface area contributed by atoms with Crippen LogP contribution in [0.3, 0.4) is 0 Å². The van der Waals surface area contributed by atoms with Crippen LogP contribution >= 0.6 is 27.7 Å². The number of hydrogen-bond acceptors (Lipinski definition) is 4. The minimum absolute atomic E-state index is 0.230. The predicted molar refractivity (Wildman–Crippen MR) is 110 cm³/mol. The Bertz CT molecular complexity index is 904. The van der Waals surface area contributed by atoms with Gasteiger partial charge in [0, 0.05) is 10.0 Å². The van der Waals surface area contributed by atoms with Crippen LogP contribution in [0.4, 0.5) is 0 Å². The topological polar surface area (TPSA) is 47.9 Å². The molecule has 0 spiro atoms. The molecule has 0 saturated carbocycles. The maximum atomic E-state index is 12.3. The standard InChI is InChI=1S/C20H18BrNO3S/c1-4-25-17-9-14(15(21)11-16(17)24-3)10-18-19(23)22-20(26-18)13-7-5-12(2)6-8-13/h5-11H,4H2,1-3H3. The molecular weight excluding hydrogens is 414 g/mol. The van der Waals surface area contributed by atoms with Crippen LogP contribution in [-0.2, 0) is 4.79 Å². The number of nitrogens with zero attached hydrogens (tertiary/aromatic N) is 1. The Morgan fingerprint density at radius 2 is 1.92 bits per heavy atom. The molecule has 3 rings (SSSR count). The summed E-state index contributed by atoms with van der Waals surface area (Å²) in [6, 6.07) is 11.7. The van der Waals surface area contributed by atoms with Gasteiger partial charge >= 0.3 is 0 Å². The minimum atomic E-state index is -0.230. The number of halogens is 1. The van der Waals surface area contributed by atoms with E-state index in [1.54, 1.807) is 7.11 Å². The molecule has 0 N–H and O–H groups in total. The molecule has 1 aliphatic heterocycles. The van der Waals surface area contributed by atoms with Crippen LogP contribution in [0, 0.1) is 6.92 Å². The molecule has 0 fully saturated rings. The minimum Gasteiger partial charge on any atom is -0.493 e. The monoisotopic (exact) mass is 431 g/mol. The van der Waals surface area contributed by atoms with E-state index < -0.39 is 0 Å². The number of ether oxygens (including phenoxy) is 2. The van der Waals surface area contributed by atoms with Crippen molar-refractivity contribution in [1.29, 1.82) is 0 Å². The van der Waals surface area contributed by atoms with Gasteiger partial charge < -0.3 is 9.47 Å². The number of carbonyl (C=O) groups is 1. The van der Waals surface area contributed by atoms with Crippen molar-refractivity contribution in [1.82, 2.24) is 0 Å². The summed E-state index contributed by atoms with van der Waals surface area (Å²) < 4.78 is 11.8. The molecule has 6 heteroatoms. The van der Waals surface area contributed by atoms with Gasteiger partial charge in [-0.25, -0.2) is 4.99 Å². The Morgan fingerprint density at radius 3 is 2.58 bits per heavy atom. The summed E-state index contributed by atoms with van der Waals surface area (Å²) in [7, 11) is 1.60. The van der Waals surface area contributed by atoms with Gasteiger partial charge in [0.2, 0.25) is 0 Å². The molecule has 0 radical (unpaired) electrons. The van der Waals surface area contributed by atoms with Crippen molar-refractivity contribution in [3.8, 4) is 11.5 Å². The number of thioether (sulfide) groups is 1. The second kappa shape index (κ2) is 8.10. The van der Waals surface area contributed by atoms with E-state index in [9.17, 15) is 4.79 Å². The van der Waals surface area contributed by atoms with E-state index in [-0.39, 0.29) is 5.91 Å². The van der Waals surface area contributed by atoms with Gasteiger partial charge in [-0.1, -0.05) is 57.5 Å². The highest BCUT2D eigenvalue weighted by molar-refractivity contribution is 9.10. The number of methoxy groups -OCH3 is 1. The van der Waals surface area contributed by atoms with Crippen molar-refractivity contribution < 1.29 is 14.3 Å². The fraction of sp³-hybridized carbons (Fsp3) is 0.200. The first-order valence-corrected chi connectivity index (χ1v) is 9.72. The Kier molecular flexibility index (Phi) is 5.84. The lowest BCUT2D eigenvalue weighted by Gasteiger charge is -2.11. The summed E-state index contributed by atoms with van der Waals surface area (Å²) in [6.07, 6.45) is 1.82. The first-order valence-electron chi connectivity index (χ1n) is 8.11. The zero-order valence-electron chi connectivity index (χ0n) is 14.7. The van der Waals surface area contributed by atoms with Crippen molar-refractivity contribution in [3.63, 3.8) is 0 Å². The van der Waals surface area contributed by atoms with Crippen molar-refractivity contribution in [2.45, 2.75) is 13.8 Å². The van der Waals surface area contributed by atoms with Crippen molar-refractivity contribution in [2.75, 3.05) is 13.7 Å². The zero-order chi connectivity index (χ0) is 18.7. The highest BCUT2D eigenvalue weighted by atomic mass is 79.9. The molecule has 4 nitrogen and oxygen atoms in total.